The highest BCUT2D eigenvalue weighted by molar-refractivity contribution is 14.0. The lowest BCUT2D eigenvalue weighted by atomic mass is 10.0. The topological polar surface area (TPSA) is 65.8 Å². The standard InChI is InChI=1S/C18H30N6O.HI/c1-3-19-18(20-8-5-10-23-9-4-6-17(23)25)24-11-7-15(14-24)16-12-21-22(2)13-16;/h12-13,15H,3-11,14H2,1-2H3,(H,19,20);1H. The molecule has 3 heterocycles. The van der Waals surface area contributed by atoms with Crippen molar-refractivity contribution < 1.29 is 4.79 Å². The Morgan fingerprint density at radius 2 is 2.27 bits per heavy atom. The van der Waals surface area contributed by atoms with Crippen molar-refractivity contribution >= 4 is 35.8 Å². The Bertz CT molecular complexity index is 617. The van der Waals surface area contributed by atoms with Crippen LogP contribution in [0, 0.1) is 0 Å². The molecule has 2 saturated heterocycles. The first-order valence-corrected chi connectivity index (χ1v) is 9.47. The molecule has 1 aromatic heterocycles. The van der Waals surface area contributed by atoms with Crippen LogP contribution in [-0.4, -0.2) is 70.7 Å². The van der Waals surface area contributed by atoms with E-state index >= 15 is 0 Å². The molecule has 1 unspecified atom stereocenters. The predicted octanol–water partition coefficient (Wildman–Crippen LogP) is 1.81. The summed E-state index contributed by atoms with van der Waals surface area (Å²) in [5.74, 6) is 1.83. The third-order valence-electron chi connectivity index (χ3n) is 5.04. The van der Waals surface area contributed by atoms with E-state index in [0.29, 0.717) is 11.8 Å². The number of amides is 1. The van der Waals surface area contributed by atoms with Crippen molar-refractivity contribution in [3.8, 4) is 0 Å². The molecule has 0 bridgehead atoms. The van der Waals surface area contributed by atoms with Crippen molar-refractivity contribution in [2.45, 2.75) is 38.5 Å². The second-order valence-corrected chi connectivity index (χ2v) is 6.95. The molecule has 2 fully saturated rings. The van der Waals surface area contributed by atoms with Crippen molar-refractivity contribution in [2.75, 3.05) is 39.3 Å². The molecule has 3 rings (SSSR count). The lowest BCUT2D eigenvalue weighted by Gasteiger charge is -2.22. The monoisotopic (exact) mass is 474 g/mol. The Morgan fingerprint density at radius 3 is 2.92 bits per heavy atom. The Kier molecular flexibility index (Phi) is 8.17. The summed E-state index contributed by atoms with van der Waals surface area (Å²) in [6.45, 7) is 7.50. The summed E-state index contributed by atoms with van der Waals surface area (Å²) < 4.78 is 1.87. The van der Waals surface area contributed by atoms with Crippen LogP contribution < -0.4 is 5.32 Å². The zero-order chi connectivity index (χ0) is 17.6. The van der Waals surface area contributed by atoms with Gasteiger partial charge in [-0.1, -0.05) is 0 Å². The number of hydrogen-bond donors (Lipinski definition) is 1. The number of aryl methyl sites for hydroxylation is 1. The van der Waals surface area contributed by atoms with Gasteiger partial charge in [0.05, 0.1) is 6.20 Å². The van der Waals surface area contributed by atoms with Crippen LogP contribution in [0.25, 0.3) is 0 Å². The Balaban J connectivity index is 0.00000243. The van der Waals surface area contributed by atoms with Crippen molar-refractivity contribution in [3.63, 3.8) is 0 Å². The van der Waals surface area contributed by atoms with Gasteiger partial charge in [-0.25, -0.2) is 0 Å². The lowest BCUT2D eigenvalue weighted by Crippen LogP contribution is -2.40. The summed E-state index contributed by atoms with van der Waals surface area (Å²) in [4.78, 5) is 20.8. The van der Waals surface area contributed by atoms with Gasteiger partial charge in [-0.05, 0) is 31.7 Å². The maximum Gasteiger partial charge on any atom is 0.222 e. The molecule has 1 aromatic rings. The van der Waals surface area contributed by atoms with Gasteiger partial charge >= 0.3 is 0 Å². The number of nitrogens with zero attached hydrogens (tertiary/aromatic N) is 5. The van der Waals surface area contributed by atoms with E-state index in [9.17, 15) is 4.79 Å². The van der Waals surface area contributed by atoms with Crippen LogP contribution in [0.1, 0.15) is 44.1 Å². The normalized spacial score (nSPS) is 20.6. The highest BCUT2D eigenvalue weighted by Crippen LogP contribution is 2.26. The van der Waals surface area contributed by atoms with Crippen molar-refractivity contribution in [2.24, 2.45) is 12.0 Å². The van der Waals surface area contributed by atoms with Gasteiger partial charge in [-0.2, -0.15) is 5.10 Å². The molecule has 2 aliphatic rings. The van der Waals surface area contributed by atoms with Gasteiger partial charge in [0.1, 0.15) is 0 Å². The third kappa shape index (κ3) is 5.34. The molecule has 146 valence electrons. The minimum Gasteiger partial charge on any atom is -0.357 e. The number of guanidine groups is 1. The van der Waals surface area contributed by atoms with Gasteiger partial charge in [-0.15, -0.1) is 24.0 Å². The number of nitrogens with one attached hydrogen (secondary N) is 1. The second-order valence-electron chi connectivity index (χ2n) is 6.95. The molecule has 1 N–H and O–H groups in total. The molecule has 0 aromatic carbocycles. The number of carbonyl (C=O) groups is 1. The number of hydrogen-bond acceptors (Lipinski definition) is 3. The number of aromatic nitrogens is 2. The molecule has 8 heteroatoms. The van der Waals surface area contributed by atoms with Crippen LogP contribution in [0.4, 0.5) is 0 Å². The lowest BCUT2D eigenvalue weighted by molar-refractivity contribution is -0.127. The SMILES string of the molecule is CCNC(=NCCCN1CCCC1=O)N1CCC(c2cnn(C)c2)C1.I. The fourth-order valence-electron chi connectivity index (χ4n) is 3.69. The first-order valence-electron chi connectivity index (χ1n) is 9.47. The zero-order valence-electron chi connectivity index (χ0n) is 15.9. The maximum absolute atomic E-state index is 11.6. The Morgan fingerprint density at radius 1 is 1.42 bits per heavy atom. The number of halogens is 1. The van der Waals surface area contributed by atoms with Crippen molar-refractivity contribution in [1.29, 1.82) is 0 Å². The summed E-state index contributed by atoms with van der Waals surface area (Å²) >= 11 is 0. The molecular weight excluding hydrogens is 443 g/mol. The van der Waals surface area contributed by atoms with Gasteiger partial charge < -0.3 is 15.1 Å². The quantitative estimate of drug-likeness (QED) is 0.296. The number of aliphatic imine (C=N–C) groups is 1. The molecule has 0 radical (unpaired) electrons. The maximum atomic E-state index is 11.6. The largest absolute Gasteiger partial charge is 0.357 e. The highest BCUT2D eigenvalue weighted by atomic mass is 127. The molecule has 7 nitrogen and oxygen atoms in total. The van der Waals surface area contributed by atoms with Crippen LogP contribution in [0.15, 0.2) is 17.4 Å². The first kappa shape index (κ1) is 21.0. The van der Waals surface area contributed by atoms with Gasteiger partial charge in [0.2, 0.25) is 5.91 Å². The van der Waals surface area contributed by atoms with E-state index in [1.165, 1.54) is 5.56 Å². The summed E-state index contributed by atoms with van der Waals surface area (Å²) in [6.07, 6.45) is 7.89. The van der Waals surface area contributed by atoms with E-state index in [1.807, 2.05) is 22.8 Å². The van der Waals surface area contributed by atoms with E-state index in [4.69, 9.17) is 4.99 Å². The highest BCUT2D eigenvalue weighted by Gasteiger charge is 2.27. The molecule has 26 heavy (non-hydrogen) atoms. The summed E-state index contributed by atoms with van der Waals surface area (Å²) in [7, 11) is 1.97. The van der Waals surface area contributed by atoms with Crippen LogP contribution in [-0.2, 0) is 11.8 Å². The average Bonchev–Trinajstić information content (AvgIpc) is 3.32. The van der Waals surface area contributed by atoms with Crippen LogP contribution in [0.2, 0.25) is 0 Å². The minimum atomic E-state index is 0. The average molecular weight is 474 g/mol. The van der Waals surface area contributed by atoms with E-state index < -0.39 is 0 Å². The molecule has 0 aliphatic carbocycles. The van der Waals surface area contributed by atoms with Crippen LogP contribution in [0.3, 0.4) is 0 Å². The van der Waals surface area contributed by atoms with Gasteiger partial charge in [0, 0.05) is 64.9 Å². The molecule has 0 saturated carbocycles. The van der Waals surface area contributed by atoms with E-state index in [-0.39, 0.29) is 24.0 Å². The van der Waals surface area contributed by atoms with Crippen molar-refractivity contribution in [3.05, 3.63) is 18.0 Å². The molecule has 1 amide bonds. The van der Waals surface area contributed by atoms with Crippen LogP contribution in [0.5, 0.6) is 0 Å². The van der Waals surface area contributed by atoms with Gasteiger partial charge in [0.25, 0.3) is 0 Å². The molecule has 0 spiro atoms. The van der Waals surface area contributed by atoms with Gasteiger partial charge in [0.15, 0.2) is 5.96 Å². The van der Waals surface area contributed by atoms with E-state index in [1.54, 1.807) is 0 Å². The Hall–Kier alpha value is -1.32. The molecule has 1 atom stereocenters. The third-order valence-corrected chi connectivity index (χ3v) is 5.04. The number of rotatable bonds is 6. The van der Waals surface area contributed by atoms with Crippen LogP contribution >= 0.6 is 24.0 Å². The van der Waals surface area contributed by atoms with E-state index in [2.05, 4.69) is 28.4 Å². The second kappa shape index (κ2) is 10.1. The smallest absolute Gasteiger partial charge is 0.222 e. The predicted molar refractivity (Wildman–Crippen MR) is 114 cm³/mol. The Labute approximate surface area is 173 Å². The fraction of sp³-hybridized carbons (Fsp3) is 0.722. The summed E-state index contributed by atoms with van der Waals surface area (Å²) in [5.41, 5.74) is 1.31. The summed E-state index contributed by atoms with van der Waals surface area (Å²) in [6, 6.07) is 0. The first-order chi connectivity index (χ1) is 12.2. The van der Waals surface area contributed by atoms with Gasteiger partial charge in [-0.3, -0.25) is 14.5 Å². The number of carbonyl (C=O) groups excluding carboxylic acids is 1. The van der Waals surface area contributed by atoms with Crippen molar-refractivity contribution in [1.82, 2.24) is 24.9 Å². The van der Waals surface area contributed by atoms with E-state index in [0.717, 1.165) is 70.9 Å². The summed E-state index contributed by atoms with van der Waals surface area (Å²) in [5, 5.41) is 7.71. The molecular formula is C18H31IN6O. The zero-order valence-corrected chi connectivity index (χ0v) is 18.2. The molecule has 2 aliphatic heterocycles. The number of likely N-dealkylation sites (tertiary alicyclic amines) is 2. The fourth-order valence-corrected chi connectivity index (χ4v) is 3.69. The minimum absolute atomic E-state index is 0.